The Bertz CT molecular complexity index is 398. The summed E-state index contributed by atoms with van der Waals surface area (Å²) in [5.74, 6) is 0.326. The van der Waals surface area contributed by atoms with E-state index < -0.39 is 12.1 Å². The molecule has 0 bridgehead atoms. The molecule has 0 spiro atoms. The number of aliphatic hydroxyl groups excluding tert-OH is 1. The van der Waals surface area contributed by atoms with Crippen molar-refractivity contribution < 1.29 is 5.11 Å². The second-order valence-electron chi connectivity index (χ2n) is 4.05. The average Bonchev–Trinajstić information content (AvgIpc) is 3.11. The largest absolute Gasteiger partial charge is 0.391 e. The van der Waals surface area contributed by atoms with Gasteiger partial charge in [-0.3, -0.25) is 0 Å². The topological polar surface area (TPSA) is 70.0 Å². The van der Waals surface area contributed by atoms with E-state index in [1.54, 1.807) is 12.1 Å². The highest BCUT2D eigenvalue weighted by Crippen LogP contribution is 2.37. The fourth-order valence-electron chi connectivity index (χ4n) is 1.80. The van der Waals surface area contributed by atoms with Gasteiger partial charge in [0.1, 0.15) is 0 Å². The summed E-state index contributed by atoms with van der Waals surface area (Å²) in [5.41, 5.74) is 7.26. The van der Waals surface area contributed by atoms with Gasteiger partial charge in [0.15, 0.2) is 0 Å². The smallest absolute Gasteiger partial charge is 0.0995 e. The van der Waals surface area contributed by atoms with E-state index in [4.69, 9.17) is 11.0 Å². The number of halogens is 1. The van der Waals surface area contributed by atoms with E-state index >= 15 is 0 Å². The number of nitriles is 1. The van der Waals surface area contributed by atoms with Crippen molar-refractivity contribution in [3.05, 3.63) is 35.4 Å². The van der Waals surface area contributed by atoms with Gasteiger partial charge in [-0.05, 0) is 30.4 Å². The first-order valence-electron chi connectivity index (χ1n) is 5.16. The van der Waals surface area contributed by atoms with Crippen LogP contribution in [0.25, 0.3) is 0 Å². The van der Waals surface area contributed by atoms with Crippen molar-refractivity contribution in [3.63, 3.8) is 0 Å². The third-order valence-electron chi connectivity index (χ3n) is 2.91. The lowest BCUT2D eigenvalue weighted by Crippen LogP contribution is -2.28. The van der Waals surface area contributed by atoms with E-state index in [1.165, 1.54) is 0 Å². The second-order valence-corrected chi connectivity index (χ2v) is 4.05. The molecule has 0 unspecified atom stereocenters. The molecule has 1 fully saturated rings. The van der Waals surface area contributed by atoms with Crippen LogP contribution in [0.3, 0.4) is 0 Å². The van der Waals surface area contributed by atoms with Gasteiger partial charge in [-0.25, -0.2) is 0 Å². The molecular formula is C12H15ClN2O. The maximum atomic E-state index is 9.90. The summed E-state index contributed by atoms with van der Waals surface area (Å²) >= 11 is 0. The van der Waals surface area contributed by atoms with E-state index in [0.29, 0.717) is 11.5 Å². The highest BCUT2D eigenvalue weighted by atomic mass is 35.5. The first-order valence-corrected chi connectivity index (χ1v) is 5.16. The SMILES string of the molecule is Cl.N#Cc1ccccc1[C@@H](N)[C@@H](O)C1CC1. The van der Waals surface area contributed by atoms with Gasteiger partial charge in [0.2, 0.25) is 0 Å². The number of hydrogen-bond acceptors (Lipinski definition) is 3. The summed E-state index contributed by atoms with van der Waals surface area (Å²) in [6, 6.07) is 8.85. The van der Waals surface area contributed by atoms with Crippen molar-refractivity contribution in [1.82, 2.24) is 0 Å². The van der Waals surface area contributed by atoms with Crippen molar-refractivity contribution in [1.29, 1.82) is 5.26 Å². The number of aliphatic hydroxyl groups is 1. The number of nitrogens with two attached hydrogens (primary N) is 1. The van der Waals surface area contributed by atoms with Crippen LogP contribution in [0.15, 0.2) is 24.3 Å². The van der Waals surface area contributed by atoms with E-state index in [-0.39, 0.29) is 12.4 Å². The predicted octanol–water partition coefficient (Wildman–Crippen LogP) is 1.75. The van der Waals surface area contributed by atoms with Gasteiger partial charge < -0.3 is 10.8 Å². The fourth-order valence-corrected chi connectivity index (χ4v) is 1.80. The van der Waals surface area contributed by atoms with E-state index in [9.17, 15) is 5.11 Å². The monoisotopic (exact) mass is 238 g/mol. The Morgan fingerprint density at radius 2 is 2.00 bits per heavy atom. The number of rotatable bonds is 3. The normalized spacial score (nSPS) is 18.1. The molecule has 1 aliphatic carbocycles. The molecule has 0 radical (unpaired) electrons. The number of benzene rings is 1. The van der Waals surface area contributed by atoms with Crippen LogP contribution in [-0.2, 0) is 0 Å². The third kappa shape index (κ3) is 2.53. The van der Waals surface area contributed by atoms with Crippen LogP contribution in [0.5, 0.6) is 0 Å². The molecule has 1 aromatic rings. The van der Waals surface area contributed by atoms with Gasteiger partial charge in [-0.2, -0.15) is 5.26 Å². The minimum atomic E-state index is -0.514. The fraction of sp³-hybridized carbons (Fsp3) is 0.417. The Hall–Kier alpha value is -1.08. The Morgan fingerprint density at radius 1 is 1.38 bits per heavy atom. The lowest BCUT2D eigenvalue weighted by atomic mass is 9.95. The maximum absolute atomic E-state index is 9.90. The quantitative estimate of drug-likeness (QED) is 0.843. The van der Waals surface area contributed by atoms with E-state index in [0.717, 1.165) is 18.4 Å². The van der Waals surface area contributed by atoms with Crippen molar-refractivity contribution >= 4 is 12.4 Å². The highest BCUT2D eigenvalue weighted by Gasteiger charge is 2.34. The van der Waals surface area contributed by atoms with Crippen LogP contribution in [0.4, 0.5) is 0 Å². The van der Waals surface area contributed by atoms with Crippen LogP contribution >= 0.6 is 12.4 Å². The minimum Gasteiger partial charge on any atom is -0.391 e. The maximum Gasteiger partial charge on any atom is 0.0995 e. The van der Waals surface area contributed by atoms with Crippen LogP contribution in [0.2, 0.25) is 0 Å². The zero-order valence-electron chi connectivity index (χ0n) is 8.84. The molecule has 1 saturated carbocycles. The Labute approximate surface area is 101 Å². The summed E-state index contributed by atoms with van der Waals surface area (Å²) in [4.78, 5) is 0. The Balaban J connectivity index is 0.00000128. The lowest BCUT2D eigenvalue weighted by Gasteiger charge is -2.19. The second kappa shape index (κ2) is 5.31. The summed E-state index contributed by atoms with van der Waals surface area (Å²) in [6.07, 6.45) is 1.58. The molecule has 0 heterocycles. The molecule has 86 valence electrons. The molecular weight excluding hydrogens is 224 g/mol. The molecule has 0 saturated heterocycles. The van der Waals surface area contributed by atoms with E-state index in [1.807, 2.05) is 12.1 Å². The van der Waals surface area contributed by atoms with Crippen molar-refractivity contribution in [2.75, 3.05) is 0 Å². The van der Waals surface area contributed by atoms with Gasteiger partial charge in [0, 0.05) is 0 Å². The van der Waals surface area contributed by atoms with E-state index in [2.05, 4.69) is 6.07 Å². The van der Waals surface area contributed by atoms with Gasteiger partial charge in [-0.1, -0.05) is 18.2 Å². The zero-order valence-corrected chi connectivity index (χ0v) is 9.65. The Kier molecular flexibility index (Phi) is 4.31. The molecule has 2 rings (SSSR count). The van der Waals surface area contributed by atoms with Crippen LogP contribution in [0.1, 0.15) is 30.0 Å². The zero-order chi connectivity index (χ0) is 10.8. The van der Waals surface area contributed by atoms with Crippen LogP contribution < -0.4 is 5.73 Å². The van der Waals surface area contributed by atoms with Gasteiger partial charge in [0.05, 0.1) is 23.8 Å². The first-order chi connectivity index (χ1) is 7.24. The molecule has 1 aliphatic rings. The number of hydrogen-bond donors (Lipinski definition) is 2. The average molecular weight is 239 g/mol. The molecule has 0 aliphatic heterocycles. The standard InChI is InChI=1S/C12H14N2O.ClH/c13-7-9-3-1-2-4-10(9)11(14)12(15)8-5-6-8;/h1-4,8,11-12,15H,5-6,14H2;1H/t11-,12+;/m1./s1. The van der Waals surface area contributed by atoms with Crippen LogP contribution in [0, 0.1) is 17.2 Å². The summed E-state index contributed by atoms with van der Waals surface area (Å²) in [5, 5.41) is 18.8. The Morgan fingerprint density at radius 3 is 2.56 bits per heavy atom. The summed E-state index contributed by atoms with van der Waals surface area (Å²) in [7, 11) is 0. The molecule has 1 aromatic carbocycles. The van der Waals surface area contributed by atoms with Gasteiger partial charge in [0.25, 0.3) is 0 Å². The van der Waals surface area contributed by atoms with Crippen molar-refractivity contribution in [3.8, 4) is 6.07 Å². The predicted molar refractivity (Wildman–Crippen MR) is 64.1 cm³/mol. The molecule has 2 atom stereocenters. The number of nitrogens with zero attached hydrogens (tertiary/aromatic N) is 1. The van der Waals surface area contributed by atoms with Crippen LogP contribution in [-0.4, -0.2) is 11.2 Å². The molecule has 0 amide bonds. The molecule has 0 aromatic heterocycles. The molecule has 3 nitrogen and oxygen atoms in total. The van der Waals surface area contributed by atoms with Crippen molar-refractivity contribution in [2.45, 2.75) is 25.0 Å². The summed E-state index contributed by atoms with van der Waals surface area (Å²) in [6.45, 7) is 0. The molecule has 3 N–H and O–H groups in total. The highest BCUT2D eigenvalue weighted by molar-refractivity contribution is 5.85. The first kappa shape index (κ1) is 13.0. The van der Waals surface area contributed by atoms with Crippen molar-refractivity contribution in [2.24, 2.45) is 11.7 Å². The molecule has 4 heteroatoms. The summed E-state index contributed by atoms with van der Waals surface area (Å²) < 4.78 is 0. The third-order valence-corrected chi connectivity index (χ3v) is 2.91. The molecule has 16 heavy (non-hydrogen) atoms. The minimum absolute atomic E-state index is 0. The lowest BCUT2D eigenvalue weighted by molar-refractivity contribution is 0.122. The van der Waals surface area contributed by atoms with Gasteiger partial charge in [-0.15, -0.1) is 12.4 Å². The van der Waals surface area contributed by atoms with Gasteiger partial charge >= 0.3 is 0 Å².